The second-order valence-corrected chi connectivity index (χ2v) is 4.49. The van der Waals surface area contributed by atoms with Crippen LogP contribution >= 0.6 is 0 Å². The molecule has 2 amide bonds. The molecule has 1 aromatic carbocycles. The zero-order valence-corrected chi connectivity index (χ0v) is 10.4. The summed E-state index contributed by atoms with van der Waals surface area (Å²) < 4.78 is 38.9. The molecule has 0 radical (unpaired) electrons. The van der Waals surface area contributed by atoms with E-state index in [2.05, 4.69) is 5.32 Å². The number of carbonyl (C=O) groups is 2. The number of benzene rings is 1. The second-order valence-electron chi connectivity index (χ2n) is 4.49. The summed E-state index contributed by atoms with van der Waals surface area (Å²) in [6.45, 7) is -0.392. The van der Waals surface area contributed by atoms with E-state index < -0.39 is 23.7 Å². The van der Waals surface area contributed by atoms with Crippen molar-refractivity contribution < 1.29 is 27.9 Å². The number of alkyl halides is 3. The van der Waals surface area contributed by atoms with Gasteiger partial charge in [0.25, 0.3) is 5.91 Å². The van der Waals surface area contributed by atoms with E-state index in [4.69, 9.17) is 5.11 Å². The fourth-order valence-corrected chi connectivity index (χ4v) is 2.07. The molecule has 2 N–H and O–H groups in total. The molecule has 5 nitrogen and oxygen atoms in total. The molecular formula is C12H11F3N2O3. The summed E-state index contributed by atoms with van der Waals surface area (Å²) in [6.07, 6.45) is -5.85. The highest BCUT2D eigenvalue weighted by Gasteiger charge is 2.37. The third kappa shape index (κ3) is 2.54. The highest BCUT2D eigenvalue weighted by atomic mass is 19.4. The van der Waals surface area contributed by atoms with E-state index in [1.165, 1.54) is 13.1 Å². The molecule has 0 saturated carbocycles. The predicted octanol–water partition coefficient (Wildman–Crippen LogP) is 2.06. The van der Waals surface area contributed by atoms with Crippen LogP contribution < -0.4 is 5.32 Å². The highest BCUT2D eigenvalue weighted by Crippen LogP contribution is 2.36. The normalized spacial score (nSPS) is 13.9. The van der Waals surface area contributed by atoms with Crippen LogP contribution in [0.1, 0.15) is 27.0 Å². The SMILES string of the molecule is CN(Cc1cc2c(c(C(F)(F)F)c1)CNC2=O)C(=O)O. The van der Waals surface area contributed by atoms with Crippen LogP contribution in [0.25, 0.3) is 0 Å². The monoisotopic (exact) mass is 288 g/mol. The predicted molar refractivity (Wildman–Crippen MR) is 62.1 cm³/mol. The Morgan fingerprint density at radius 1 is 1.45 bits per heavy atom. The number of hydrogen-bond acceptors (Lipinski definition) is 2. The molecule has 0 aliphatic carbocycles. The first-order valence-corrected chi connectivity index (χ1v) is 5.65. The lowest BCUT2D eigenvalue weighted by Gasteiger charge is -2.16. The van der Waals surface area contributed by atoms with Crippen LogP contribution in [-0.2, 0) is 19.3 Å². The van der Waals surface area contributed by atoms with Crippen LogP contribution in [0.5, 0.6) is 0 Å². The number of fused-ring (bicyclic) bond motifs is 1. The minimum atomic E-state index is -4.59. The Hall–Kier alpha value is -2.25. The highest BCUT2D eigenvalue weighted by molar-refractivity contribution is 5.99. The fourth-order valence-electron chi connectivity index (χ4n) is 2.07. The zero-order chi connectivity index (χ0) is 15.1. The first kappa shape index (κ1) is 14.2. The summed E-state index contributed by atoms with van der Waals surface area (Å²) in [6, 6.07) is 2.19. The maximum atomic E-state index is 13.0. The second kappa shape index (κ2) is 4.69. The first-order valence-electron chi connectivity index (χ1n) is 5.65. The number of halogens is 3. The van der Waals surface area contributed by atoms with Crippen molar-refractivity contribution in [1.82, 2.24) is 10.2 Å². The summed E-state index contributed by atoms with van der Waals surface area (Å²) in [4.78, 5) is 23.1. The number of carbonyl (C=O) groups excluding carboxylic acids is 1. The molecule has 2 rings (SSSR count). The van der Waals surface area contributed by atoms with Crippen LogP contribution in [0, 0.1) is 0 Å². The molecule has 0 fully saturated rings. The van der Waals surface area contributed by atoms with Gasteiger partial charge < -0.3 is 15.3 Å². The van der Waals surface area contributed by atoms with Crippen LogP contribution in [0.4, 0.5) is 18.0 Å². The van der Waals surface area contributed by atoms with Crippen LogP contribution in [0.3, 0.4) is 0 Å². The van der Waals surface area contributed by atoms with Crippen molar-refractivity contribution in [3.63, 3.8) is 0 Å². The molecule has 0 spiro atoms. The van der Waals surface area contributed by atoms with E-state index in [1.807, 2.05) is 0 Å². The van der Waals surface area contributed by atoms with Crippen molar-refractivity contribution in [3.8, 4) is 0 Å². The maximum Gasteiger partial charge on any atom is 0.416 e. The molecule has 0 unspecified atom stereocenters. The molecule has 0 bridgehead atoms. The van der Waals surface area contributed by atoms with Gasteiger partial charge in [-0.2, -0.15) is 13.2 Å². The average molecular weight is 288 g/mol. The Bertz CT molecular complexity index is 584. The molecule has 0 saturated heterocycles. The number of nitrogens with one attached hydrogen (secondary N) is 1. The van der Waals surface area contributed by atoms with Crippen LogP contribution in [0.15, 0.2) is 12.1 Å². The van der Waals surface area contributed by atoms with E-state index in [-0.39, 0.29) is 29.8 Å². The van der Waals surface area contributed by atoms with Crippen molar-refractivity contribution in [2.75, 3.05) is 7.05 Å². The van der Waals surface area contributed by atoms with Crippen molar-refractivity contribution in [2.24, 2.45) is 0 Å². The van der Waals surface area contributed by atoms with Gasteiger partial charge in [-0.15, -0.1) is 0 Å². The van der Waals surface area contributed by atoms with Gasteiger partial charge in [0.1, 0.15) is 0 Å². The average Bonchev–Trinajstić information content (AvgIpc) is 2.69. The molecule has 0 atom stereocenters. The lowest BCUT2D eigenvalue weighted by atomic mass is 9.98. The lowest BCUT2D eigenvalue weighted by molar-refractivity contribution is -0.138. The molecule has 20 heavy (non-hydrogen) atoms. The van der Waals surface area contributed by atoms with Gasteiger partial charge in [0.15, 0.2) is 0 Å². The number of hydrogen-bond donors (Lipinski definition) is 2. The summed E-state index contributed by atoms with van der Waals surface area (Å²) in [5, 5.41) is 11.1. The number of amides is 2. The summed E-state index contributed by atoms with van der Waals surface area (Å²) in [5.41, 5.74) is -0.919. The van der Waals surface area contributed by atoms with E-state index in [9.17, 15) is 22.8 Å². The molecule has 8 heteroatoms. The van der Waals surface area contributed by atoms with E-state index in [1.54, 1.807) is 0 Å². The van der Waals surface area contributed by atoms with Crippen LogP contribution in [-0.4, -0.2) is 29.1 Å². The Morgan fingerprint density at radius 3 is 2.65 bits per heavy atom. The van der Waals surface area contributed by atoms with Crippen LogP contribution in [0.2, 0.25) is 0 Å². The smallest absolute Gasteiger partial charge is 0.416 e. The number of rotatable bonds is 2. The summed E-state index contributed by atoms with van der Waals surface area (Å²) >= 11 is 0. The van der Waals surface area contributed by atoms with E-state index >= 15 is 0 Å². The molecule has 108 valence electrons. The van der Waals surface area contributed by atoms with Gasteiger partial charge >= 0.3 is 12.3 Å². The van der Waals surface area contributed by atoms with E-state index in [0.717, 1.165) is 11.0 Å². The molecule has 1 aliphatic heterocycles. The van der Waals surface area contributed by atoms with Crippen molar-refractivity contribution >= 4 is 12.0 Å². The number of nitrogens with zero attached hydrogens (tertiary/aromatic N) is 1. The van der Waals surface area contributed by atoms with Gasteiger partial charge in [0.2, 0.25) is 0 Å². The van der Waals surface area contributed by atoms with E-state index in [0.29, 0.717) is 0 Å². The largest absolute Gasteiger partial charge is 0.465 e. The van der Waals surface area contributed by atoms with Gasteiger partial charge in [-0.3, -0.25) is 4.79 Å². The van der Waals surface area contributed by atoms with Crippen molar-refractivity contribution in [2.45, 2.75) is 19.3 Å². The standard InChI is InChI=1S/C12H11F3N2O3/c1-17(11(19)20)5-6-2-7-8(4-16-10(7)18)9(3-6)12(13,14)15/h2-3H,4-5H2,1H3,(H,16,18)(H,19,20). The molecule has 0 aromatic heterocycles. The van der Waals surface area contributed by atoms with Gasteiger partial charge in [0, 0.05) is 25.7 Å². The minimum absolute atomic E-state index is 0.0476. The molecular weight excluding hydrogens is 277 g/mol. The summed E-state index contributed by atoms with van der Waals surface area (Å²) in [7, 11) is 1.24. The molecule has 1 aliphatic rings. The zero-order valence-electron chi connectivity index (χ0n) is 10.4. The first-order chi connectivity index (χ1) is 9.20. The third-order valence-corrected chi connectivity index (χ3v) is 3.03. The third-order valence-electron chi connectivity index (χ3n) is 3.03. The quantitative estimate of drug-likeness (QED) is 0.875. The maximum absolute atomic E-state index is 13.0. The number of carboxylic acid groups (broad SMARTS) is 1. The Morgan fingerprint density at radius 2 is 2.10 bits per heavy atom. The Kier molecular flexibility index (Phi) is 3.33. The lowest BCUT2D eigenvalue weighted by Crippen LogP contribution is -2.24. The fraction of sp³-hybridized carbons (Fsp3) is 0.333. The Labute approximate surface area is 112 Å². The van der Waals surface area contributed by atoms with Gasteiger partial charge in [-0.05, 0) is 23.3 Å². The van der Waals surface area contributed by atoms with Crippen molar-refractivity contribution in [3.05, 3.63) is 34.4 Å². The van der Waals surface area contributed by atoms with Gasteiger partial charge in [-0.1, -0.05) is 0 Å². The Balaban J connectivity index is 2.48. The van der Waals surface area contributed by atoms with Crippen molar-refractivity contribution in [1.29, 1.82) is 0 Å². The summed E-state index contributed by atoms with van der Waals surface area (Å²) in [5.74, 6) is -0.578. The van der Waals surface area contributed by atoms with Gasteiger partial charge in [0.05, 0.1) is 5.56 Å². The topological polar surface area (TPSA) is 69.6 Å². The molecule has 1 aromatic rings. The minimum Gasteiger partial charge on any atom is -0.465 e. The van der Waals surface area contributed by atoms with Gasteiger partial charge in [-0.25, -0.2) is 4.79 Å². The molecule has 1 heterocycles.